The largest absolute Gasteiger partial charge is 0.496 e. The van der Waals surface area contributed by atoms with Gasteiger partial charge in [0.05, 0.1) is 7.11 Å². The van der Waals surface area contributed by atoms with E-state index in [9.17, 15) is 4.79 Å². The van der Waals surface area contributed by atoms with Crippen molar-refractivity contribution in [1.82, 2.24) is 9.97 Å². The summed E-state index contributed by atoms with van der Waals surface area (Å²) < 4.78 is 9.83. The van der Waals surface area contributed by atoms with Gasteiger partial charge in [0.25, 0.3) is 0 Å². The van der Waals surface area contributed by atoms with Crippen LogP contribution >= 0.6 is 0 Å². The fourth-order valence-corrected chi connectivity index (χ4v) is 5.93. The van der Waals surface area contributed by atoms with Crippen LogP contribution in [0, 0.1) is 12.8 Å². The zero-order chi connectivity index (χ0) is 31.9. The van der Waals surface area contributed by atoms with E-state index in [1.54, 1.807) is 25.3 Å². The lowest BCUT2D eigenvalue weighted by Gasteiger charge is -2.26. The van der Waals surface area contributed by atoms with Gasteiger partial charge in [-0.05, 0) is 92.5 Å². The molecule has 2 fully saturated rings. The van der Waals surface area contributed by atoms with E-state index in [-0.39, 0.29) is 11.8 Å². The first-order chi connectivity index (χ1) is 21.3. The predicted molar refractivity (Wildman–Crippen MR) is 183 cm³/mol. The highest BCUT2D eigenvalue weighted by molar-refractivity contribution is 5.94. The summed E-state index contributed by atoms with van der Waals surface area (Å²) in [6.07, 6.45) is 16.1. The molecular weight excluding hydrogens is 548 g/mol. The molecule has 7 nitrogen and oxygen atoms in total. The van der Waals surface area contributed by atoms with Crippen LogP contribution < -0.4 is 14.5 Å². The number of carbonyl (C=O) groups excluding carboxylic acids is 1. The van der Waals surface area contributed by atoms with Crippen molar-refractivity contribution in [3.05, 3.63) is 66.0 Å². The molecule has 0 N–H and O–H groups in total. The van der Waals surface area contributed by atoms with Crippen molar-refractivity contribution in [1.29, 1.82) is 0 Å². The maximum atomic E-state index is 12.7. The van der Waals surface area contributed by atoms with Crippen LogP contribution in [-0.2, 0) is 9.53 Å². The number of aromatic nitrogens is 2. The van der Waals surface area contributed by atoms with Gasteiger partial charge in [-0.25, -0.2) is 9.97 Å². The number of benzene rings is 1. The molecule has 2 aromatic heterocycles. The van der Waals surface area contributed by atoms with E-state index >= 15 is 0 Å². The molecule has 2 aliphatic rings. The van der Waals surface area contributed by atoms with Gasteiger partial charge >= 0.3 is 0 Å². The quantitative estimate of drug-likeness (QED) is 0.270. The Labute approximate surface area is 266 Å². The van der Waals surface area contributed by atoms with E-state index in [2.05, 4.69) is 39.8 Å². The summed E-state index contributed by atoms with van der Waals surface area (Å²) in [5.74, 6) is 3.75. The van der Waals surface area contributed by atoms with Crippen LogP contribution in [0.25, 0.3) is 11.1 Å². The lowest BCUT2D eigenvalue weighted by Crippen LogP contribution is -2.34. The minimum atomic E-state index is 0.144. The smallest absolute Gasteiger partial charge is 0.230 e. The van der Waals surface area contributed by atoms with Crippen LogP contribution in [0.3, 0.4) is 0 Å². The number of nitrogens with zero attached hydrogens (tertiary/aromatic N) is 4. The van der Waals surface area contributed by atoms with Crippen LogP contribution in [0.5, 0.6) is 5.75 Å². The first-order valence-corrected chi connectivity index (χ1v) is 16.3. The molecule has 0 unspecified atom stereocenters. The van der Waals surface area contributed by atoms with Gasteiger partial charge in [0, 0.05) is 58.7 Å². The predicted octanol–water partition coefficient (Wildman–Crippen LogP) is 8.46. The van der Waals surface area contributed by atoms with Gasteiger partial charge in [0.2, 0.25) is 5.91 Å². The number of hydrogen-bond acceptors (Lipinski definition) is 6. The molecule has 1 amide bonds. The molecule has 0 bridgehead atoms. The Bertz CT molecular complexity index is 1260. The van der Waals surface area contributed by atoms with Gasteiger partial charge in [-0.1, -0.05) is 50.7 Å². The van der Waals surface area contributed by atoms with Gasteiger partial charge in [-0.3, -0.25) is 9.69 Å². The Morgan fingerprint density at radius 2 is 1.48 bits per heavy atom. The number of hydrogen-bond donors (Lipinski definition) is 0. The summed E-state index contributed by atoms with van der Waals surface area (Å²) in [5, 5.41) is 0. The molecule has 1 aromatic carbocycles. The van der Waals surface area contributed by atoms with Gasteiger partial charge < -0.3 is 14.4 Å². The third-order valence-corrected chi connectivity index (χ3v) is 8.70. The highest BCUT2D eigenvalue weighted by atomic mass is 16.5. The van der Waals surface area contributed by atoms with Crippen molar-refractivity contribution in [2.24, 2.45) is 5.92 Å². The first-order valence-electron chi connectivity index (χ1n) is 16.3. The van der Waals surface area contributed by atoms with Crippen molar-refractivity contribution < 1.29 is 14.3 Å². The highest BCUT2D eigenvalue weighted by Crippen LogP contribution is 2.34. The molecule has 240 valence electrons. The number of anilines is 2. The fraction of sp³-hybridized carbons (Fsp3) is 0.541. The van der Waals surface area contributed by atoms with Crippen LogP contribution in [0.1, 0.15) is 88.2 Å². The van der Waals surface area contributed by atoms with E-state index in [1.165, 1.54) is 49.7 Å². The van der Waals surface area contributed by atoms with Gasteiger partial charge in [0.15, 0.2) is 0 Å². The summed E-state index contributed by atoms with van der Waals surface area (Å²) in [6.45, 7) is 4.91. The molecule has 0 aliphatic heterocycles. The number of carbonyl (C=O) groups is 1. The van der Waals surface area contributed by atoms with Crippen molar-refractivity contribution in [3.63, 3.8) is 0 Å². The number of ether oxygens (including phenoxy) is 2. The molecule has 3 aromatic rings. The summed E-state index contributed by atoms with van der Waals surface area (Å²) >= 11 is 0. The van der Waals surface area contributed by atoms with Crippen molar-refractivity contribution >= 4 is 17.5 Å². The Morgan fingerprint density at radius 1 is 0.818 bits per heavy atom. The normalized spacial score (nSPS) is 15.2. The maximum absolute atomic E-state index is 12.7. The molecule has 0 spiro atoms. The second-order valence-corrected chi connectivity index (χ2v) is 12.1. The van der Waals surface area contributed by atoms with E-state index in [1.807, 2.05) is 63.4 Å². The van der Waals surface area contributed by atoms with Crippen molar-refractivity contribution in [2.75, 3.05) is 51.8 Å². The van der Waals surface area contributed by atoms with Gasteiger partial charge in [0.1, 0.15) is 17.4 Å². The fourth-order valence-electron chi connectivity index (χ4n) is 5.93. The number of methoxy groups -OCH3 is 2. The standard InChI is InChI=1S/C20H26N4O.C14H20O.C3H8O/c1-23(2)18-10-9-17(14-22-18)16-11-12-21-19(13-16)24(3)20(25)15-7-5-4-6-8-15;1-11-10-13(8-9-14(11)15-2)12-6-4-3-5-7-12;1-3-4-2/h9-15H,4-8H2,1-3H3;8-10,12H,3-7H2,1-2H3;3H2,1-2H3. The topological polar surface area (TPSA) is 67.8 Å². The van der Waals surface area contributed by atoms with E-state index in [0.29, 0.717) is 5.82 Å². The third kappa shape index (κ3) is 10.3. The first kappa shape index (κ1) is 35.0. The van der Waals surface area contributed by atoms with Crippen molar-refractivity contribution in [3.8, 4) is 16.9 Å². The Hall–Kier alpha value is -3.45. The molecule has 2 heterocycles. The lowest BCUT2D eigenvalue weighted by molar-refractivity contribution is -0.123. The van der Waals surface area contributed by atoms with Crippen LogP contribution in [0.2, 0.25) is 0 Å². The SMILES string of the molecule is CCOC.CN(C)c1ccc(-c2ccnc(N(C)C(=O)C3CCCCC3)c2)cn1.COc1ccc(C2CCCCC2)cc1C. The third-order valence-electron chi connectivity index (χ3n) is 8.70. The second kappa shape index (κ2) is 18.4. The van der Waals surface area contributed by atoms with Crippen molar-refractivity contribution in [2.45, 2.75) is 84.0 Å². The molecule has 0 atom stereocenters. The molecular formula is C37H54N4O3. The number of aryl methyl sites for hydroxylation is 1. The average molecular weight is 603 g/mol. The number of pyridine rings is 2. The van der Waals surface area contributed by atoms with Gasteiger partial charge in [-0.15, -0.1) is 0 Å². The summed E-state index contributed by atoms with van der Waals surface area (Å²) in [7, 11) is 9.19. The molecule has 0 saturated heterocycles. The summed E-state index contributed by atoms with van der Waals surface area (Å²) in [5.41, 5.74) is 4.81. The van der Waals surface area contributed by atoms with E-state index in [4.69, 9.17) is 4.74 Å². The Morgan fingerprint density at radius 3 is 2.02 bits per heavy atom. The van der Waals surface area contributed by atoms with Gasteiger partial charge in [-0.2, -0.15) is 0 Å². The highest BCUT2D eigenvalue weighted by Gasteiger charge is 2.25. The molecule has 7 heteroatoms. The summed E-state index contributed by atoms with van der Waals surface area (Å²) in [4.78, 5) is 25.3. The Kier molecular flexibility index (Phi) is 14.6. The lowest BCUT2D eigenvalue weighted by atomic mass is 9.83. The zero-order valence-corrected chi connectivity index (χ0v) is 28.1. The van der Waals surface area contributed by atoms with Crippen LogP contribution in [0.4, 0.5) is 11.6 Å². The minimum Gasteiger partial charge on any atom is -0.496 e. The molecule has 2 aliphatic carbocycles. The average Bonchev–Trinajstić information content (AvgIpc) is 3.09. The molecule has 44 heavy (non-hydrogen) atoms. The van der Waals surface area contributed by atoms with E-state index in [0.717, 1.165) is 60.9 Å². The minimum absolute atomic E-state index is 0.144. The second-order valence-electron chi connectivity index (χ2n) is 12.1. The Balaban J connectivity index is 0.000000235. The van der Waals surface area contributed by atoms with Crippen LogP contribution in [0.15, 0.2) is 54.9 Å². The summed E-state index contributed by atoms with van der Waals surface area (Å²) in [6, 6.07) is 14.6. The maximum Gasteiger partial charge on any atom is 0.230 e. The molecule has 2 saturated carbocycles. The molecule has 0 radical (unpaired) electrons. The van der Waals surface area contributed by atoms with E-state index < -0.39 is 0 Å². The van der Waals surface area contributed by atoms with Crippen LogP contribution in [-0.4, -0.2) is 57.8 Å². The zero-order valence-electron chi connectivity index (χ0n) is 28.1. The monoisotopic (exact) mass is 602 g/mol. The number of rotatable bonds is 7. The molecule has 5 rings (SSSR count). The number of amides is 1.